The molecule has 0 heterocycles. The number of hydrogen-bond donors (Lipinski definition) is 1. The molecule has 0 aromatic heterocycles. The van der Waals surface area contributed by atoms with Crippen molar-refractivity contribution in [1.82, 2.24) is 0 Å². The number of hydrogen-bond acceptors (Lipinski definition) is 2. The first-order valence-corrected chi connectivity index (χ1v) is 4.69. The second kappa shape index (κ2) is 4.23. The summed E-state index contributed by atoms with van der Waals surface area (Å²) in [5.41, 5.74) is 5.41. The summed E-state index contributed by atoms with van der Waals surface area (Å²) in [6, 6.07) is 3.15. The van der Waals surface area contributed by atoms with Crippen molar-refractivity contribution in [3.8, 4) is 0 Å². The summed E-state index contributed by atoms with van der Waals surface area (Å²) < 4.78 is 25.4. The average Bonchev–Trinajstić information content (AvgIpc) is 2.09. The largest absolute Gasteiger partial charge is 0.378 e. The maximum absolute atomic E-state index is 12.9. The first-order valence-electron chi connectivity index (χ1n) is 3.46. The van der Waals surface area contributed by atoms with Gasteiger partial charge >= 0.3 is 0 Å². The van der Waals surface area contributed by atoms with E-state index in [1.807, 2.05) is 0 Å². The van der Waals surface area contributed by atoms with Gasteiger partial charge in [-0.05, 0) is 18.4 Å². The number of benzene rings is 1. The Morgan fingerprint density at radius 2 is 2.15 bits per heavy atom. The number of amidine groups is 1. The zero-order chi connectivity index (χ0) is 9.84. The first kappa shape index (κ1) is 9.98. The van der Waals surface area contributed by atoms with E-state index in [9.17, 15) is 8.78 Å². The zero-order valence-corrected chi connectivity index (χ0v) is 7.74. The third-order valence-corrected chi connectivity index (χ3v) is 1.86. The van der Waals surface area contributed by atoms with Crippen molar-refractivity contribution in [1.29, 1.82) is 0 Å². The Balaban J connectivity index is 3.03. The first-order chi connectivity index (χ1) is 6.13. The fourth-order valence-electron chi connectivity index (χ4n) is 0.736. The predicted octanol–water partition coefficient (Wildman–Crippen LogP) is 2.27. The third-order valence-electron chi connectivity index (χ3n) is 1.35. The van der Waals surface area contributed by atoms with Crippen molar-refractivity contribution in [2.75, 3.05) is 6.26 Å². The van der Waals surface area contributed by atoms with Gasteiger partial charge in [-0.1, -0.05) is 11.8 Å². The molecule has 1 aromatic rings. The van der Waals surface area contributed by atoms with Gasteiger partial charge < -0.3 is 5.73 Å². The van der Waals surface area contributed by atoms with Crippen molar-refractivity contribution < 1.29 is 8.78 Å². The molecule has 0 radical (unpaired) electrons. The molecule has 0 amide bonds. The minimum absolute atomic E-state index is 0.0493. The van der Waals surface area contributed by atoms with Crippen LogP contribution in [-0.2, 0) is 0 Å². The van der Waals surface area contributed by atoms with Gasteiger partial charge in [0.1, 0.15) is 11.5 Å². The maximum Gasteiger partial charge on any atom is 0.159 e. The molecule has 5 heteroatoms. The highest BCUT2D eigenvalue weighted by atomic mass is 32.2. The summed E-state index contributed by atoms with van der Waals surface area (Å²) >= 11 is 1.20. The Bertz CT molecular complexity index is 339. The van der Waals surface area contributed by atoms with E-state index in [1.54, 1.807) is 6.26 Å². The van der Waals surface area contributed by atoms with Gasteiger partial charge in [-0.2, -0.15) is 0 Å². The molecule has 0 unspecified atom stereocenters. The summed E-state index contributed by atoms with van der Waals surface area (Å²) in [4.78, 5) is 3.73. The molecule has 2 N–H and O–H groups in total. The number of aliphatic imine (C=N–C) groups is 1. The molecule has 1 aromatic carbocycles. The van der Waals surface area contributed by atoms with E-state index >= 15 is 0 Å². The molecule has 0 bridgehead atoms. The Labute approximate surface area is 78.9 Å². The van der Waals surface area contributed by atoms with Gasteiger partial charge in [0, 0.05) is 6.07 Å². The number of thioether (sulfide) groups is 1. The second-order valence-electron chi connectivity index (χ2n) is 2.25. The SMILES string of the molecule is CSC(N)=Nc1ccc(F)cc1F. The summed E-state index contributed by atoms with van der Waals surface area (Å²) in [5, 5.41) is 0.241. The lowest BCUT2D eigenvalue weighted by Gasteiger charge is -1.98. The normalized spacial score (nSPS) is 11.8. The van der Waals surface area contributed by atoms with Crippen LogP contribution in [0.15, 0.2) is 23.2 Å². The van der Waals surface area contributed by atoms with Crippen molar-refractivity contribution in [3.05, 3.63) is 29.8 Å². The van der Waals surface area contributed by atoms with Crippen molar-refractivity contribution >= 4 is 22.6 Å². The van der Waals surface area contributed by atoms with Crippen molar-refractivity contribution in [2.24, 2.45) is 10.7 Å². The molecule has 0 fully saturated rings. The molecule has 0 spiro atoms. The van der Waals surface area contributed by atoms with Crippen LogP contribution in [0.2, 0.25) is 0 Å². The average molecular weight is 202 g/mol. The number of nitrogens with zero attached hydrogens (tertiary/aromatic N) is 1. The highest BCUT2D eigenvalue weighted by Gasteiger charge is 2.02. The van der Waals surface area contributed by atoms with Crippen LogP contribution >= 0.6 is 11.8 Å². The van der Waals surface area contributed by atoms with E-state index in [-0.39, 0.29) is 10.9 Å². The van der Waals surface area contributed by atoms with E-state index in [2.05, 4.69) is 4.99 Å². The minimum Gasteiger partial charge on any atom is -0.378 e. The quantitative estimate of drug-likeness (QED) is 0.560. The molecular formula is C8H8F2N2S. The molecule has 0 saturated carbocycles. The fourth-order valence-corrected chi connectivity index (χ4v) is 0.926. The molecule has 0 aliphatic rings. The Kier molecular flexibility index (Phi) is 3.25. The predicted molar refractivity (Wildman–Crippen MR) is 51.2 cm³/mol. The van der Waals surface area contributed by atoms with Crippen LogP contribution in [0, 0.1) is 11.6 Å². The third kappa shape index (κ3) is 2.69. The lowest BCUT2D eigenvalue weighted by atomic mass is 10.3. The van der Waals surface area contributed by atoms with Gasteiger partial charge in [0.25, 0.3) is 0 Å². The molecule has 2 nitrogen and oxygen atoms in total. The molecule has 1 rings (SSSR count). The zero-order valence-electron chi connectivity index (χ0n) is 6.92. The van der Waals surface area contributed by atoms with E-state index in [4.69, 9.17) is 5.73 Å². The van der Waals surface area contributed by atoms with Gasteiger partial charge in [-0.15, -0.1) is 0 Å². The lowest BCUT2D eigenvalue weighted by molar-refractivity contribution is 0.585. The number of halogens is 2. The highest BCUT2D eigenvalue weighted by molar-refractivity contribution is 8.13. The molecular weight excluding hydrogens is 194 g/mol. The lowest BCUT2D eigenvalue weighted by Crippen LogP contribution is -2.04. The smallest absolute Gasteiger partial charge is 0.159 e. The van der Waals surface area contributed by atoms with E-state index in [1.165, 1.54) is 17.8 Å². The molecule has 0 aliphatic heterocycles. The minimum atomic E-state index is -0.711. The van der Waals surface area contributed by atoms with Gasteiger partial charge in [0.15, 0.2) is 11.0 Å². The van der Waals surface area contributed by atoms with E-state index in [0.717, 1.165) is 12.1 Å². The molecule has 13 heavy (non-hydrogen) atoms. The van der Waals surface area contributed by atoms with Crippen LogP contribution < -0.4 is 5.73 Å². The standard InChI is InChI=1S/C8H8F2N2S/c1-13-8(11)12-7-3-2-5(9)4-6(7)10/h2-4H,1H3,(H2,11,12). The summed E-state index contributed by atoms with van der Waals surface area (Å²) in [7, 11) is 0. The Hall–Kier alpha value is -1.10. The van der Waals surface area contributed by atoms with Crippen LogP contribution in [0.4, 0.5) is 14.5 Å². The highest BCUT2D eigenvalue weighted by Crippen LogP contribution is 2.18. The Morgan fingerprint density at radius 3 is 2.69 bits per heavy atom. The summed E-state index contributed by atoms with van der Waals surface area (Å²) in [6.07, 6.45) is 1.72. The van der Waals surface area contributed by atoms with Crippen LogP contribution in [0.3, 0.4) is 0 Å². The molecule has 0 atom stereocenters. The van der Waals surface area contributed by atoms with Gasteiger partial charge in [-0.25, -0.2) is 13.8 Å². The number of rotatable bonds is 1. The second-order valence-corrected chi connectivity index (χ2v) is 3.08. The molecule has 70 valence electrons. The Morgan fingerprint density at radius 1 is 1.46 bits per heavy atom. The van der Waals surface area contributed by atoms with Gasteiger partial charge in [0.05, 0.1) is 0 Å². The fraction of sp³-hybridized carbons (Fsp3) is 0.125. The van der Waals surface area contributed by atoms with E-state index < -0.39 is 11.6 Å². The number of nitrogens with two attached hydrogens (primary N) is 1. The summed E-state index contributed by atoms with van der Waals surface area (Å²) in [5.74, 6) is -1.34. The van der Waals surface area contributed by atoms with Crippen molar-refractivity contribution in [2.45, 2.75) is 0 Å². The molecule has 0 saturated heterocycles. The topological polar surface area (TPSA) is 38.4 Å². The maximum atomic E-state index is 12.9. The van der Waals surface area contributed by atoms with Gasteiger partial charge in [0.2, 0.25) is 0 Å². The molecule has 0 aliphatic carbocycles. The van der Waals surface area contributed by atoms with Crippen LogP contribution in [0.1, 0.15) is 0 Å². The van der Waals surface area contributed by atoms with Crippen LogP contribution in [0.25, 0.3) is 0 Å². The van der Waals surface area contributed by atoms with Crippen LogP contribution in [-0.4, -0.2) is 11.4 Å². The van der Waals surface area contributed by atoms with Crippen LogP contribution in [0.5, 0.6) is 0 Å². The monoisotopic (exact) mass is 202 g/mol. The van der Waals surface area contributed by atoms with Gasteiger partial charge in [-0.3, -0.25) is 0 Å². The van der Waals surface area contributed by atoms with Crippen molar-refractivity contribution in [3.63, 3.8) is 0 Å². The summed E-state index contributed by atoms with van der Waals surface area (Å²) in [6.45, 7) is 0. The van der Waals surface area contributed by atoms with E-state index in [0.29, 0.717) is 0 Å².